The molecule has 0 amide bonds. The highest BCUT2D eigenvalue weighted by Gasteiger charge is 2.19. The third kappa shape index (κ3) is 3.50. The smallest absolute Gasteiger partial charge is 0.244 e. The molecule has 0 saturated carbocycles. The van der Waals surface area contributed by atoms with Crippen LogP contribution >= 0.6 is 0 Å². The normalized spacial score (nSPS) is 11.3. The summed E-state index contributed by atoms with van der Waals surface area (Å²) in [5, 5.41) is 0. The lowest BCUT2D eigenvalue weighted by atomic mass is 10.2. The maximum Gasteiger partial charge on any atom is 0.244 e. The van der Waals surface area contributed by atoms with Crippen molar-refractivity contribution in [2.24, 2.45) is 0 Å². The second-order valence-electron chi connectivity index (χ2n) is 4.54. The van der Waals surface area contributed by atoms with Gasteiger partial charge in [0.25, 0.3) is 0 Å². The first-order valence-electron chi connectivity index (χ1n) is 6.26. The fourth-order valence-corrected chi connectivity index (χ4v) is 3.06. The third-order valence-electron chi connectivity index (χ3n) is 3.07. The molecule has 21 heavy (non-hydrogen) atoms. The molecule has 0 radical (unpaired) electrons. The molecule has 1 aromatic carbocycles. The van der Waals surface area contributed by atoms with Crippen LogP contribution in [0, 0.1) is 6.92 Å². The number of sulfonamides is 1. The number of nitrogens with two attached hydrogens (primary N) is 1. The molecule has 1 heterocycles. The molecule has 0 aliphatic rings. The van der Waals surface area contributed by atoms with Crippen molar-refractivity contribution in [1.29, 1.82) is 0 Å². The Kier molecular flexibility index (Phi) is 4.44. The van der Waals surface area contributed by atoms with Gasteiger partial charge in [0.2, 0.25) is 10.0 Å². The number of benzene rings is 1. The number of hydrogen-bond acceptors (Lipinski definition) is 5. The lowest BCUT2D eigenvalue weighted by molar-refractivity contribution is 0.402. The van der Waals surface area contributed by atoms with Crippen molar-refractivity contribution in [1.82, 2.24) is 9.71 Å². The lowest BCUT2D eigenvalue weighted by Crippen LogP contribution is -2.24. The van der Waals surface area contributed by atoms with Crippen LogP contribution in [0.3, 0.4) is 0 Å². The van der Waals surface area contributed by atoms with Crippen LogP contribution in [0.15, 0.2) is 41.6 Å². The van der Waals surface area contributed by atoms with Crippen LogP contribution in [0.2, 0.25) is 0 Å². The van der Waals surface area contributed by atoms with Gasteiger partial charge in [0, 0.05) is 24.6 Å². The molecule has 0 bridgehead atoms. The monoisotopic (exact) mass is 307 g/mol. The fourth-order valence-electron chi connectivity index (χ4n) is 1.85. The van der Waals surface area contributed by atoms with Crippen LogP contribution in [0.25, 0.3) is 0 Å². The number of ether oxygens (including phenoxy) is 1. The van der Waals surface area contributed by atoms with Crippen LogP contribution in [0.5, 0.6) is 5.75 Å². The van der Waals surface area contributed by atoms with Gasteiger partial charge >= 0.3 is 0 Å². The molecule has 6 nitrogen and oxygen atoms in total. The number of pyridine rings is 1. The molecule has 0 aliphatic carbocycles. The molecule has 0 aliphatic heterocycles. The number of rotatable bonds is 5. The first-order valence-corrected chi connectivity index (χ1v) is 7.75. The summed E-state index contributed by atoms with van der Waals surface area (Å²) >= 11 is 0. The van der Waals surface area contributed by atoms with Crippen molar-refractivity contribution >= 4 is 15.7 Å². The Labute approximate surface area is 124 Å². The van der Waals surface area contributed by atoms with Gasteiger partial charge in [0.1, 0.15) is 10.6 Å². The maximum absolute atomic E-state index is 12.4. The summed E-state index contributed by atoms with van der Waals surface area (Å²) in [4.78, 5) is 4.00. The highest BCUT2D eigenvalue weighted by atomic mass is 32.2. The van der Waals surface area contributed by atoms with Crippen molar-refractivity contribution in [3.05, 3.63) is 47.8 Å². The van der Waals surface area contributed by atoms with E-state index < -0.39 is 10.0 Å². The summed E-state index contributed by atoms with van der Waals surface area (Å²) in [5.41, 5.74) is 7.79. The van der Waals surface area contributed by atoms with Crippen LogP contribution in [0.4, 0.5) is 5.69 Å². The van der Waals surface area contributed by atoms with Gasteiger partial charge in [-0.2, -0.15) is 0 Å². The number of methoxy groups -OCH3 is 1. The van der Waals surface area contributed by atoms with Crippen LogP contribution < -0.4 is 15.2 Å². The van der Waals surface area contributed by atoms with Gasteiger partial charge in [-0.15, -0.1) is 0 Å². The maximum atomic E-state index is 12.4. The van der Waals surface area contributed by atoms with E-state index in [1.54, 1.807) is 24.5 Å². The summed E-state index contributed by atoms with van der Waals surface area (Å²) < 4.78 is 32.4. The summed E-state index contributed by atoms with van der Waals surface area (Å²) in [6.07, 6.45) is 3.31. The molecule has 0 atom stereocenters. The van der Waals surface area contributed by atoms with E-state index in [1.165, 1.54) is 19.2 Å². The van der Waals surface area contributed by atoms with E-state index in [1.807, 2.05) is 6.92 Å². The van der Waals surface area contributed by atoms with Crippen molar-refractivity contribution in [2.75, 3.05) is 12.8 Å². The highest BCUT2D eigenvalue weighted by molar-refractivity contribution is 7.89. The van der Waals surface area contributed by atoms with Crippen molar-refractivity contribution < 1.29 is 13.2 Å². The molecule has 0 spiro atoms. The van der Waals surface area contributed by atoms with E-state index in [0.29, 0.717) is 5.69 Å². The average Bonchev–Trinajstić information content (AvgIpc) is 2.46. The summed E-state index contributed by atoms with van der Waals surface area (Å²) in [7, 11) is -2.30. The molecule has 1 aromatic heterocycles. The summed E-state index contributed by atoms with van der Waals surface area (Å²) in [6.45, 7) is 2.05. The average molecular weight is 307 g/mol. The number of anilines is 1. The fraction of sp³-hybridized carbons (Fsp3) is 0.214. The molecule has 0 saturated heterocycles. The number of aromatic nitrogens is 1. The molecule has 112 valence electrons. The molecule has 2 rings (SSSR count). The Balaban J connectivity index is 2.27. The van der Waals surface area contributed by atoms with Crippen LogP contribution in [-0.4, -0.2) is 20.5 Å². The lowest BCUT2D eigenvalue weighted by Gasteiger charge is -2.12. The largest absolute Gasteiger partial charge is 0.495 e. The molecule has 7 heteroatoms. The van der Waals surface area contributed by atoms with Crippen molar-refractivity contribution in [3.63, 3.8) is 0 Å². The second-order valence-corrected chi connectivity index (χ2v) is 6.27. The molecule has 0 fully saturated rings. The van der Waals surface area contributed by atoms with Gasteiger partial charge in [-0.05, 0) is 42.3 Å². The van der Waals surface area contributed by atoms with Gasteiger partial charge in [-0.3, -0.25) is 4.98 Å². The van der Waals surface area contributed by atoms with Gasteiger partial charge in [-0.25, -0.2) is 13.1 Å². The van der Waals surface area contributed by atoms with Gasteiger partial charge < -0.3 is 10.5 Å². The minimum atomic E-state index is -3.72. The standard InChI is InChI=1S/C14H17N3O3S/c1-10-8-16-6-5-11(10)9-17-21(18,19)14-7-12(15)3-4-13(14)20-2/h3-8,17H,9,15H2,1-2H3. The molecule has 3 N–H and O–H groups in total. The predicted octanol–water partition coefficient (Wildman–Crippen LogP) is 1.46. The second kappa shape index (κ2) is 6.11. The minimum Gasteiger partial charge on any atom is -0.495 e. The molecular weight excluding hydrogens is 290 g/mol. The zero-order valence-electron chi connectivity index (χ0n) is 11.8. The zero-order chi connectivity index (χ0) is 15.5. The number of hydrogen-bond donors (Lipinski definition) is 2. The number of nitrogen functional groups attached to an aromatic ring is 1. The number of nitrogens with zero attached hydrogens (tertiary/aromatic N) is 1. The molecule has 2 aromatic rings. The first-order chi connectivity index (χ1) is 9.94. The highest BCUT2D eigenvalue weighted by Crippen LogP contribution is 2.25. The Morgan fingerprint density at radius 2 is 2.10 bits per heavy atom. The Bertz CT molecular complexity index is 745. The topological polar surface area (TPSA) is 94.3 Å². The first kappa shape index (κ1) is 15.3. The van der Waals surface area contributed by atoms with E-state index in [4.69, 9.17) is 10.5 Å². The Morgan fingerprint density at radius 1 is 1.33 bits per heavy atom. The molecular formula is C14H17N3O3S. The van der Waals surface area contributed by atoms with Gasteiger partial charge in [0.15, 0.2) is 0 Å². The quantitative estimate of drug-likeness (QED) is 0.816. The summed E-state index contributed by atoms with van der Waals surface area (Å²) in [6, 6.07) is 6.27. The van der Waals surface area contributed by atoms with Crippen molar-refractivity contribution in [3.8, 4) is 5.75 Å². The SMILES string of the molecule is COc1ccc(N)cc1S(=O)(=O)NCc1ccncc1C. The van der Waals surface area contributed by atoms with E-state index in [2.05, 4.69) is 9.71 Å². The van der Waals surface area contributed by atoms with E-state index in [0.717, 1.165) is 11.1 Å². The Morgan fingerprint density at radius 3 is 2.76 bits per heavy atom. The van der Waals surface area contributed by atoms with Gasteiger partial charge in [0.05, 0.1) is 7.11 Å². The zero-order valence-corrected chi connectivity index (χ0v) is 12.6. The summed E-state index contributed by atoms with van der Waals surface area (Å²) in [5.74, 6) is 0.253. The van der Waals surface area contributed by atoms with E-state index >= 15 is 0 Å². The van der Waals surface area contributed by atoms with Gasteiger partial charge in [-0.1, -0.05) is 0 Å². The minimum absolute atomic E-state index is 0.0247. The third-order valence-corrected chi connectivity index (χ3v) is 4.49. The number of aryl methyl sites for hydroxylation is 1. The van der Waals surface area contributed by atoms with Crippen LogP contribution in [-0.2, 0) is 16.6 Å². The number of nitrogens with one attached hydrogen (secondary N) is 1. The Hall–Kier alpha value is -2.12. The molecule has 0 unspecified atom stereocenters. The van der Waals surface area contributed by atoms with Crippen molar-refractivity contribution in [2.45, 2.75) is 18.4 Å². The van der Waals surface area contributed by atoms with E-state index in [9.17, 15) is 8.42 Å². The predicted molar refractivity (Wildman–Crippen MR) is 80.4 cm³/mol. The van der Waals surface area contributed by atoms with Crippen LogP contribution in [0.1, 0.15) is 11.1 Å². The van der Waals surface area contributed by atoms with E-state index in [-0.39, 0.29) is 17.2 Å².